The van der Waals surface area contributed by atoms with Crippen molar-refractivity contribution in [1.82, 2.24) is 9.97 Å². The van der Waals surface area contributed by atoms with Gasteiger partial charge in [-0.25, -0.2) is 14.8 Å². The Morgan fingerprint density at radius 3 is 3.17 bits per heavy atom. The molecular formula is C7H4N2O3. The van der Waals surface area contributed by atoms with Gasteiger partial charge in [-0.15, -0.1) is 0 Å². The summed E-state index contributed by atoms with van der Waals surface area (Å²) in [5.74, 6) is -1.36. The molecule has 0 aromatic carbocycles. The number of aromatic nitrogens is 2. The van der Waals surface area contributed by atoms with E-state index in [9.17, 15) is 4.79 Å². The lowest BCUT2D eigenvalue weighted by molar-refractivity contribution is 0.0684. The van der Waals surface area contributed by atoms with Gasteiger partial charge in [0.2, 0.25) is 5.82 Å². The molecule has 2 aromatic rings. The molecule has 0 amide bonds. The second kappa shape index (κ2) is 2.30. The molecule has 0 saturated heterocycles. The van der Waals surface area contributed by atoms with Crippen molar-refractivity contribution < 1.29 is 14.3 Å². The molecule has 2 heterocycles. The minimum absolute atomic E-state index is 0.219. The maximum absolute atomic E-state index is 10.4. The van der Waals surface area contributed by atoms with E-state index in [4.69, 9.17) is 9.52 Å². The maximum Gasteiger partial charge on any atom is 0.373 e. The zero-order valence-electron chi connectivity index (χ0n) is 5.89. The average molecular weight is 164 g/mol. The fraction of sp³-hybridized carbons (Fsp3) is 0. The standard InChI is InChI=1S/C7H4N2O3/c10-7(11)6-8-3-5-4(9-6)1-2-12-5/h1-3H,(H,10,11). The van der Waals surface area contributed by atoms with Crippen LogP contribution in [0.1, 0.15) is 10.6 Å². The van der Waals surface area contributed by atoms with Gasteiger partial charge in [-0.1, -0.05) is 0 Å². The van der Waals surface area contributed by atoms with Gasteiger partial charge in [0.05, 0.1) is 12.5 Å². The number of nitrogens with zero attached hydrogens (tertiary/aromatic N) is 2. The highest BCUT2D eigenvalue weighted by atomic mass is 16.4. The normalized spacial score (nSPS) is 10.3. The fourth-order valence-electron chi connectivity index (χ4n) is 0.869. The Labute approximate surface area is 66.7 Å². The quantitative estimate of drug-likeness (QED) is 0.678. The number of furan rings is 1. The Balaban J connectivity index is 2.68. The molecule has 2 aromatic heterocycles. The molecule has 0 saturated carbocycles. The lowest BCUT2D eigenvalue weighted by Gasteiger charge is -1.90. The fourth-order valence-corrected chi connectivity index (χ4v) is 0.869. The van der Waals surface area contributed by atoms with Crippen LogP contribution in [-0.2, 0) is 0 Å². The number of fused-ring (bicyclic) bond motifs is 1. The van der Waals surface area contributed by atoms with E-state index >= 15 is 0 Å². The Morgan fingerprint density at radius 2 is 2.42 bits per heavy atom. The third kappa shape index (κ3) is 0.914. The van der Waals surface area contributed by atoms with E-state index in [1.54, 1.807) is 6.07 Å². The van der Waals surface area contributed by atoms with Crippen molar-refractivity contribution in [2.75, 3.05) is 0 Å². The molecule has 0 aliphatic rings. The predicted octanol–water partition coefficient (Wildman–Crippen LogP) is 0.921. The summed E-state index contributed by atoms with van der Waals surface area (Å²) in [4.78, 5) is 17.7. The first kappa shape index (κ1) is 6.78. The number of carboxylic acid groups (broad SMARTS) is 1. The minimum atomic E-state index is -1.14. The van der Waals surface area contributed by atoms with Crippen LogP contribution < -0.4 is 0 Å². The lowest BCUT2D eigenvalue weighted by atomic mass is 10.4. The zero-order valence-corrected chi connectivity index (χ0v) is 5.89. The Morgan fingerprint density at radius 1 is 1.58 bits per heavy atom. The van der Waals surface area contributed by atoms with Crippen LogP contribution in [0.3, 0.4) is 0 Å². The van der Waals surface area contributed by atoms with Crippen molar-refractivity contribution in [3.63, 3.8) is 0 Å². The summed E-state index contributed by atoms with van der Waals surface area (Å²) >= 11 is 0. The first-order valence-electron chi connectivity index (χ1n) is 3.21. The summed E-state index contributed by atoms with van der Waals surface area (Å²) < 4.78 is 4.93. The summed E-state index contributed by atoms with van der Waals surface area (Å²) in [5, 5.41) is 8.53. The minimum Gasteiger partial charge on any atom is -0.475 e. The number of carboxylic acids is 1. The SMILES string of the molecule is O=C(O)c1ncc2occc2n1. The van der Waals surface area contributed by atoms with E-state index in [-0.39, 0.29) is 5.82 Å². The van der Waals surface area contributed by atoms with E-state index in [0.29, 0.717) is 11.1 Å². The summed E-state index contributed by atoms with van der Waals surface area (Å²) in [6.45, 7) is 0. The van der Waals surface area contributed by atoms with Crippen LogP contribution in [0.5, 0.6) is 0 Å². The van der Waals surface area contributed by atoms with Gasteiger partial charge in [-0.2, -0.15) is 0 Å². The van der Waals surface area contributed by atoms with E-state index in [1.807, 2.05) is 0 Å². The second-order valence-corrected chi connectivity index (χ2v) is 2.17. The first-order valence-corrected chi connectivity index (χ1v) is 3.21. The van der Waals surface area contributed by atoms with Gasteiger partial charge in [0.15, 0.2) is 5.58 Å². The number of rotatable bonds is 1. The van der Waals surface area contributed by atoms with Crippen molar-refractivity contribution >= 4 is 17.1 Å². The highest BCUT2D eigenvalue weighted by molar-refractivity contribution is 5.85. The molecule has 5 heteroatoms. The summed E-state index contributed by atoms with van der Waals surface area (Å²) in [6.07, 6.45) is 2.77. The molecule has 1 N–H and O–H groups in total. The molecule has 5 nitrogen and oxygen atoms in total. The van der Waals surface area contributed by atoms with Gasteiger partial charge in [-0.05, 0) is 0 Å². The number of hydrogen-bond acceptors (Lipinski definition) is 4. The van der Waals surface area contributed by atoms with Gasteiger partial charge in [-0.3, -0.25) is 0 Å². The highest BCUT2D eigenvalue weighted by Crippen LogP contribution is 2.10. The largest absolute Gasteiger partial charge is 0.475 e. The molecule has 0 atom stereocenters. The second-order valence-electron chi connectivity index (χ2n) is 2.17. The molecule has 0 radical (unpaired) electrons. The monoisotopic (exact) mass is 164 g/mol. The zero-order chi connectivity index (χ0) is 8.55. The van der Waals surface area contributed by atoms with Crippen molar-refractivity contribution in [3.05, 3.63) is 24.4 Å². The van der Waals surface area contributed by atoms with Gasteiger partial charge in [0.25, 0.3) is 0 Å². The molecule has 0 bridgehead atoms. The van der Waals surface area contributed by atoms with Gasteiger partial charge >= 0.3 is 5.97 Å². The molecule has 0 aliphatic heterocycles. The van der Waals surface area contributed by atoms with E-state index in [0.717, 1.165) is 0 Å². The number of carbonyl (C=O) groups is 1. The highest BCUT2D eigenvalue weighted by Gasteiger charge is 2.07. The van der Waals surface area contributed by atoms with Gasteiger partial charge < -0.3 is 9.52 Å². The first-order chi connectivity index (χ1) is 5.77. The van der Waals surface area contributed by atoms with Crippen molar-refractivity contribution in [2.24, 2.45) is 0 Å². The van der Waals surface area contributed by atoms with Crippen LogP contribution in [0.25, 0.3) is 11.1 Å². The van der Waals surface area contributed by atoms with Crippen molar-refractivity contribution in [1.29, 1.82) is 0 Å². The lowest BCUT2D eigenvalue weighted by Crippen LogP contribution is -2.02. The Hall–Kier alpha value is -1.91. The Bertz CT molecular complexity index is 435. The third-order valence-corrected chi connectivity index (χ3v) is 1.40. The van der Waals surface area contributed by atoms with Gasteiger partial charge in [0, 0.05) is 6.07 Å². The van der Waals surface area contributed by atoms with Crippen molar-refractivity contribution in [3.8, 4) is 0 Å². The molecule has 2 rings (SSSR count). The van der Waals surface area contributed by atoms with Crippen LogP contribution in [0.15, 0.2) is 22.9 Å². The molecule has 0 aliphatic carbocycles. The van der Waals surface area contributed by atoms with Crippen LogP contribution >= 0.6 is 0 Å². The van der Waals surface area contributed by atoms with E-state index in [1.165, 1.54) is 12.5 Å². The average Bonchev–Trinajstić information content (AvgIpc) is 2.49. The Kier molecular flexibility index (Phi) is 1.30. The number of hydrogen-bond donors (Lipinski definition) is 1. The van der Waals surface area contributed by atoms with Crippen LogP contribution in [0, 0.1) is 0 Å². The smallest absolute Gasteiger partial charge is 0.373 e. The molecule has 12 heavy (non-hydrogen) atoms. The molecule has 0 spiro atoms. The van der Waals surface area contributed by atoms with Crippen LogP contribution in [0.2, 0.25) is 0 Å². The predicted molar refractivity (Wildman–Crippen MR) is 38.8 cm³/mol. The molecule has 0 unspecified atom stereocenters. The molecule has 0 fully saturated rings. The summed E-state index contributed by atoms with van der Waals surface area (Å²) in [6, 6.07) is 1.59. The van der Waals surface area contributed by atoms with Crippen molar-refractivity contribution in [2.45, 2.75) is 0 Å². The summed E-state index contributed by atoms with van der Waals surface area (Å²) in [5.41, 5.74) is 0.988. The third-order valence-electron chi connectivity index (χ3n) is 1.40. The number of aromatic carboxylic acids is 1. The topological polar surface area (TPSA) is 76.2 Å². The van der Waals surface area contributed by atoms with E-state index < -0.39 is 5.97 Å². The summed E-state index contributed by atoms with van der Waals surface area (Å²) in [7, 11) is 0. The van der Waals surface area contributed by atoms with Crippen LogP contribution in [0.4, 0.5) is 0 Å². The van der Waals surface area contributed by atoms with Crippen LogP contribution in [-0.4, -0.2) is 21.0 Å². The molecule has 60 valence electrons. The maximum atomic E-state index is 10.4. The molecular weight excluding hydrogens is 160 g/mol. The van der Waals surface area contributed by atoms with Gasteiger partial charge in [0.1, 0.15) is 5.52 Å². The van der Waals surface area contributed by atoms with E-state index in [2.05, 4.69) is 9.97 Å².